The van der Waals surface area contributed by atoms with Crippen molar-refractivity contribution < 1.29 is 14.3 Å². The average Bonchev–Trinajstić information content (AvgIpc) is 2.86. The van der Waals surface area contributed by atoms with Crippen LogP contribution in [-0.2, 0) is 9.53 Å². The fourth-order valence-corrected chi connectivity index (χ4v) is 4.90. The van der Waals surface area contributed by atoms with Crippen LogP contribution in [0.2, 0.25) is 0 Å². The molecule has 4 rings (SSSR count). The number of methoxy groups -OCH3 is 1. The van der Waals surface area contributed by atoms with Crippen LogP contribution in [0, 0.1) is 13.8 Å². The quantitative estimate of drug-likeness (QED) is 0.374. The van der Waals surface area contributed by atoms with Gasteiger partial charge in [-0.2, -0.15) is 0 Å². The lowest BCUT2D eigenvalue weighted by atomic mass is 9.99. The third-order valence-electron chi connectivity index (χ3n) is 5.94. The molecule has 0 bridgehead atoms. The van der Waals surface area contributed by atoms with E-state index in [1.165, 1.54) is 11.1 Å². The Hall–Kier alpha value is -3.02. The first-order valence-corrected chi connectivity index (χ1v) is 12.5. The van der Waals surface area contributed by atoms with Crippen LogP contribution >= 0.6 is 11.8 Å². The largest absolute Gasteiger partial charge is 0.497 e. The van der Waals surface area contributed by atoms with Crippen molar-refractivity contribution in [3.05, 3.63) is 106 Å². The molecule has 5 heteroatoms. The van der Waals surface area contributed by atoms with Crippen molar-refractivity contribution in [3.63, 3.8) is 0 Å². The Morgan fingerprint density at radius 3 is 2.06 bits per heavy atom. The standard InChI is InChI=1S/C29H31NO3S/c1-21-4-10-24(11-5-21)28(25-12-6-22(2)7-13-25)33-18-16-30-17-19-34-27(29(30)31)20-23-8-14-26(32-3)15-9-23/h4-15,20,28H,16-19H2,1-3H3. The van der Waals surface area contributed by atoms with Crippen molar-refractivity contribution in [1.82, 2.24) is 4.90 Å². The van der Waals surface area contributed by atoms with Gasteiger partial charge in [0.1, 0.15) is 11.9 Å². The monoisotopic (exact) mass is 473 g/mol. The second kappa shape index (κ2) is 11.4. The van der Waals surface area contributed by atoms with Crippen LogP contribution in [0.15, 0.2) is 77.7 Å². The van der Waals surface area contributed by atoms with E-state index in [-0.39, 0.29) is 12.0 Å². The molecular weight excluding hydrogens is 442 g/mol. The number of thioether (sulfide) groups is 1. The molecule has 0 N–H and O–H groups in total. The molecule has 0 atom stereocenters. The van der Waals surface area contributed by atoms with Crippen LogP contribution in [0.25, 0.3) is 6.08 Å². The number of ether oxygens (including phenoxy) is 2. The minimum atomic E-state index is -0.162. The van der Waals surface area contributed by atoms with E-state index in [9.17, 15) is 4.79 Å². The summed E-state index contributed by atoms with van der Waals surface area (Å²) in [7, 11) is 1.65. The van der Waals surface area contributed by atoms with Crippen molar-refractivity contribution in [1.29, 1.82) is 0 Å². The molecule has 1 saturated heterocycles. The van der Waals surface area contributed by atoms with Crippen molar-refractivity contribution in [2.24, 2.45) is 0 Å². The summed E-state index contributed by atoms with van der Waals surface area (Å²) in [5.41, 5.74) is 5.68. The van der Waals surface area contributed by atoms with Crippen LogP contribution < -0.4 is 4.74 Å². The van der Waals surface area contributed by atoms with E-state index in [1.54, 1.807) is 18.9 Å². The molecular formula is C29H31NO3S. The van der Waals surface area contributed by atoms with E-state index in [1.807, 2.05) is 35.2 Å². The van der Waals surface area contributed by atoms with E-state index in [0.29, 0.717) is 13.2 Å². The number of hydrogen-bond donors (Lipinski definition) is 0. The molecule has 0 unspecified atom stereocenters. The van der Waals surface area contributed by atoms with Crippen LogP contribution in [0.5, 0.6) is 5.75 Å². The van der Waals surface area contributed by atoms with Crippen molar-refractivity contribution in [3.8, 4) is 5.75 Å². The minimum Gasteiger partial charge on any atom is -0.497 e. The Morgan fingerprint density at radius 1 is 0.912 bits per heavy atom. The lowest BCUT2D eigenvalue weighted by Crippen LogP contribution is -2.39. The van der Waals surface area contributed by atoms with Gasteiger partial charge in [-0.1, -0.05) is 71.8 Å². The van der Waals surface area contributed by atoms with Crippen LogP contribution in [0.4, 0.5) is 0 Å². The summed E-state index contributed by atoms with van der Waals surface area (Å²) in [6.07, 6.45) is 1.80. The van der Waals surface area contributed by atoms with Gasteiger partial charge in [0.05, 0.1) is 18.6 Å². The van der Waals surface area contributed by atoms with Gasteiger partial charge in [-0.05, 0) is 48.7 Å². The fourth-order valence-electron chi connectivity index (χ4n) is 3.90. The SMILES string of the molecule is COc1ccc(C=C2SCCN(CCOC(c3ccc(C)cc3)c3ccc(C)cc3)C2=O)cc1. The summed E-state index contributed by atoms with van der Waals surface area (Å²) < 4.78 is 11.6. The maximum absolute atomic E-state index is 13.1. The molecule has 1 aliphatic heterocycles. The van der Waals surface area contributed by atoms with E-state index < -0.39 is 0 Å². The molecule has 1 aliphatic rings. The molecule has 3 aromatic rings. The molecule has 4 nitrogen and oxygen atoms in total. The van der Waals surface area contributed by atoms with Gasteiger partial charge in [-0.25, -0.2) is 0 Å². The summed E-state index contributed by atoms with van der Waals surface area (Å²) in [6, 6.07) is 24.7. The van der Waals surface area contributed by atoms with Gasteiger partial charge in [0.25, 0.3) is 5.91 Å². The lowest BCUT2D eigenvalue weighted by Gasteiger charge is -2.29. The number of carbonyl (C=O) groups excluding carboxylic acids is 1. The third-order valence-corrected chi connectivity index (χ3v) is 6.93. The molecule has 1 fully saturated rings. The van der Waals surface area contributed by atoms with Crippen LogP contribution in [0.3, 0.4) is 0 Å². The molecule has 0 radical (unpaired) electrons. The molecule has 0 aliphatic carbocycles. The summed E-state index contributed by atoms with van der Waals surface area (Å²) >= 11 is 1.61. The Kier molecular flexibility index (Phi) is 8.09. The number of carbonyl (C=O) groups is 1. The zero-order chi connectivity index (χ0) is 23.9. The maximum Gasteiger partial charge on any atom is 0.260 e. The first-order chi connectivity index (χ1) is 16.5. The smallest absolute Gasteiger partial charge is 0.260 e. The minimum absolute atomic E-state index is 0.0675. The van der Waals surface area contributed by atoms with Gasteiger partial charge < -0.3 is 14.4 Å². The van der Waals surface area contributed by atoms with Crippen molar-refractivity contribution in [2.45, 2.75) is 20.0 Å². The summed E-state index contributed by atoms with van der Waals surface area (Å²) in [5.74, 6) is 1.76. The predicted octanol–water partition coefficient (Wildman–Crippen LogP) is 6.03. The Balaban J connectivity index is 1.43. The summed E-state index contributed by atoms with van der Waals surface area (Å²) in [6.45, 7) is 5.93. The molecule has 3 aromatic carbocycles. The molecule has 34 heavy (non-hydrogen) atoms. The highest BCUT2D eigenvalue weighted by Gasteiger charge is 2.24. The number of hydrogen-bond acceptors (Lipinski definition) is 4. The van der Waals surface area contributed by atoms with Crippen LogP contribution in [0.1, 0.15) is 33.9 Å². The van der Waals surface area contributed by atoms with Crippen LogP contribution in [-0.4, -0.2) is 43.4 Å². The highest BCUT2D eigenvalue weighted by Crippen LogP contribution is 2.29. The maximum atomic E-state index is 13.1. The summed E-state index contributed by atoms with van der Waals surface area (Å²) in [5, 5.41) is 0. The third kappa shape index (κ3) is 6.10. The van der Waals surface area contributed by atoms with E-state index in [0.717, 1.165) is 39.6 Å². The highest BCUT2D eigenvalue weighted by molar-refractivity contribution is 8.04. The molecule has 1 amide bonds. The predicted molar refractivity (Wildman–Crippen MR) is 140 cm³/mol. The fraction of sp³-hybridized carbons (Fsp3) is 0.276. The topological polar surface area (TPSA) is 38.8 Å². The first-order valence-electron chi connectivity index (χ1n) is 11.6. The van der Waals surface area contributed by atoms with E-state index in [2.05, 4.69) is 62.4 Å². The van der Waals surface area contributed by atoms with E-state index in [4.69, 9.17) is 9.47 Å². The second-order valence-electron chi connectivity index (χ2n) is 8.49. The van der Waals surface area contributed by atoms with Crippen molar-refractivity contribution >= 4 is 23.7 Å². The Morgan fingerprint density at radius 2 is 1.50 bits per heavy atom. The molecule has 0 aromatic heterocycles. The van der Waals surface area contributed by atoms with Gasteiger partial charge in [-0.3, -0.25) is 4.79 Å². The molecule has 0 saturated carbocycles. The second-order valence-corrected chi connectivity index (χ2v) is 9.63. The number of rotatable bonds is 8. The lowest BCUT2D eigenvalue weighted by molar-refractivity contribution is -0.127. The van der Waals surface area contributed by atoms with Gasteiger partial charge in [0.2, 0.25) is 0 Å². The zero-order valence-corrected chi connectivity index (χ0v) is 20.8. The zero-order valence-electron chi connectivity index (χ0n) is 20.0. The average molecular weight is 474 g/mol. The first kappa shape index (κ1) is 24.1. The number of benzene rings is 3. The van der Waals surface area contributed by atoms with Gasteiger partial charge in [-0.15, -0.1) is 11.8 Å². The number of amides is 1. The number of aryl methyl sites for hydroxylation is 2. The normalized spacial score (nSPS) is 15.2. The van der Waals surface area contributed by atoms with Gasteiger partial charge >= 0.3 is 0 Å². The Bertz CT molecular complexity index is 1080. The van der Waals surface area contributed by atoms with Gasteiger partial charge in [0, 0.05) is 18.8 Å². The van der Waals surface area contributed by atoms with E-state index >= 15 is 0 Å². The molecule has 176 valence electrons. The highest BCUT2D eigenvalue weighted by atomic mass is 32.2. The van der Waals surface area contributed by atoms with Crippen molar-refractivity contribution in [2.75, 3.05) is 32.6 Å². The van der Waals surface area contributed by atoms with Gasteiger partial charge in [0.15, 0.2) is 0 Å². The summed E-state index contributed by atoms with van der Waals surface area (Å²) in [4.78, 5) is 15.8. The number of nitrogens with zero attached hydrogens (tertiary/aromatic N) is 1. The Labute approximate surface area is 206 Å². The molecule has 1 heterocycles. The molecule has 0 spiro atoms.